The van der Waals surface area contributed by atoms with Crippen LogP contribution in [0.2, 0.25) is 0 Å². The van der Waals surface area contributed by atoms with Gasteiger partial charge in [-0.3, -0.25) is 4.79 Å². The molecule has 148 valence electrons. The van der Waals surface area contributed by atoms with Gasteiger partial charge in [-0.1, -0.05) is 35.7 Å². The predicted octanol–water partition coefficient (Wildman–Crippen LogP) is 6.27. The Morgan fingerprint density at radius 2 is 1.74 bits per heavy atom. The van der Waals surface area contributed by atoms with Crippen LogP contribution in [0, 0.1) is 0 Å². The Labute approximate surface area is 182 Å². The van der Waals surface area contributed by atoms with Crippen molar-refractivity contribution in [1.29, 1.82) is 0 Å². The third-order valence-electron chi connectivity index (χ3n) is 4.02. The van der Waals surface area contributed by atoms with Gasteiger partial charge in [-0.05, 0) is 53.6 Å². The van der Waals surface area contributed by atoms with E-state index < -0.39 is 5.97 Å². The Bertz CT molecular complexity index is 809. The largest absolute Gasteiger partial charge is 0.490 e. The van der Waals surface area contributed by atoms with E-state index in [0.717, 1.165) is 29.1 Å². The molecule has 0 N–H and O–H groups in total. The van der Waals surface area contributed by atoms with Crippen molar-refractivity contribution >= 4 is 55.3 Å². The van der Waals surface area contributed by atoms with Crippen molar-refractivity contribution in [2.75, 3.05) is 14.2 Å². The second-order valence-electron chi connectivity index (χ2n) is 6.03. The number of methoxy groups -OCH3 is 2. The highest BCUT2D eigenvalue weighted by atomic mass is 127. The first-order valence-corrected chi connectivity index (χ1v) is 10.8. The van der Waals surface area contributed by atoms with Gasteiger partial charge in [0.2, 0.25) is 11.5 Å². The van der Waals surface area contributed by atoms with Gasteiger partial charge in [0.15, 0.2) is 11.5 Å². The number of benzene rings is 2. The average molecular weight is 551 g/mol. The molecule has 2 aromatic carbocycles. The van der Waals surface area contributed by atoms with Crippen molar-refractivity contribution in [3.05, 3.63) is 22.7 Å². The van der Waals surface area contributed by atoms with E-state index in [-0.39, 0.29) is 4.11 Å². The van der Waals surface area contributed by atoms with Gasteiger partial charge >= 0.3 is 5.97 Å². The molecule has 0 bridgehead atoms. The first kappa shape index (κ1) is 22.1. The summed E-state index contributed by atoms with van der Waals surface area (Å²) < 4.78 is 23.7. The Kier molecular flexibility index (Phi) is 8.47. The van der Waals surface area contributed by atoms with Crippen LogP contribution >= 0.6 is 38.5 Å². The average Bonchev–Trinajstić information content (AvgIpc) is 2.62. The van der Waals surface area contributed by atoms with E-state index in [1.54, 1.807) is 7.11 Å². The highest BCUT2D eigenvalue weighted by Crippen LogP contribution is 2.52. The predicted molar refractivity (Wildman–Crippen MR) is 119 cm³/mol. The summed E-state index contributed by atoms with van der Waals surface area (Å²) in [6.45, 7) is 3.53. The third-order valence-corrected chi connectivity index (χ3v) is 5.39. The molecule has 0 spiro atoms. The SMILES string of the molecule is CCCCCC(I)Oc1c(OC)c(OC)c(OC(C)=O)c2cc(Br)ccc12. The number of carbonyl (C=O) groups excluding carboxylic acids is 1. The molecule has 0 aliphatic rings. The fourth-order valence-corrected chi connectivity index (χ4v) is 3.88. The zero-order chi connectivity index (χ0) is 20.0. The molecule has 0 aliphatic carbocycles. The van der Waals surface area contributed by atoms with Gasteiger partial charge in [0.25, 0.3) is 0 Å². The van der Waals surface area contributed by atoms with Gasteiger partial charge in [0, 0.05) is 22.2 Å². The Morgan fingerprint density at radius 1 is 1.07 bits per heavy atom. The smallest absolute Gasteiger partial charge is 0.308 e. The van der Waals surface area contributed by atoms with Crippen molar-refractivity contribution in [2.45, 2.75) is 43.6 Å². The van der Waals surface area contributed by atoms with Crippen molar-refractivity contribution in [3.63, 3.8) is 0 Å². The normalized spacial score (nSPS) is 11.9. The molecule has 0 amide bonds. The van der Waals surface area contributed by atoms with E-state index in [1.807, 2.05) is 18.2 Å². The van der Waals surface area contributed by atoms with Gasteiger partial charge in [0.1, 0.15) is 4.11 Å². The lowest BCUT2D eigenvalue weighted by atomic mass is 10.1. The van der Waals surface area contributed by atoms with Crippen LogP contribution in [0.3, 0.4) is 0 Å². The van der Waals surface area contributed by atoms with E-state index >= 15 is 0 Å². The number of hydrogen-bond donors (Lipinski definition) is 0. The van der Waals surface area contributed by atoms with Crippen LogP contribution < -0.4 is 18.9 Å². The van der Waals surface area contributed by atoms with E-state index in [2.05, 4.69) is 45.4 Å². The summed E-state index contributed by atoms with van der Waals surface area (Å²) in [5, 5.41) is 1.51. The summed E-state index contributed by atoms with van der Waals surface area (Å²) in [7, 11) is 3.06. The van der Waals surface area contributed by atoms with Crippen molar-refractivity contribution in [3.8, 4) is 23.0 Å². The number of fused-ring (bicyclic) bond motifs is 1. The lowest BCUT2D eigenvalue weighted by Crippen LogP contribution is -2.11. The lowest BCUT2D eigenvalue weighted by Gasteiger charge is -2.22. The molecule has 0 aliphatic heterocycles. The standard InChI is InChI=1S/C20H24BrIO5/c1-5-6-7-8-16(22)27-17-14-10-9-13(21)11-15(14)18(26-12(2)23)20(25-4)19(17)24-3/h9-11,16H,5-8H2,1-4H3. The van der Waals surface area contributed by atoms with E-state index in [1.165, 1.54) is 20.5 Å². The summed E-state index contributed by atoms with van der Waals surface area (Å²) >= 11 is 5.77. The molecule has 0 radical (unpaired) electrons. The summed E-state index contributed by atoms with van der Waals surface area (Å²) in [4.78, 5) is 11.7. The minimum atomic E-state index is -0.434. The second-order valence-corrected chi connectivity index (χ2v) is 8.34. The molecule has 27 heavy (non-hydrogen) atoms. The van der Waals surface area contributed by atoms with Crippen LogP contribution in [-0.2, 0) is 4.79 Å². The van der Waals surface area contributed by atoms with Gasteiger partial charge in [-0.15, -0.1) is 0 Å². The highest BCUT2D eigenvalue weighted by molar-refractivity contribution is 14.1. The molecule has 5 nitrogen and oxygen atoms in total. The van der Waals surface area contributed by atoms with Crippen LogP contribution in [0.25, 0.3) is 10.8 Å². The molecule has 0 fully saturated rings. The topological polar surface area (TPSA) is 54.0 Å². The van der Waals surface area contributed by atoms with Crippen molar-refractivity contribution < 1.29 is 23.7 Å². The molecule has 2 rings (SSSR count). The number of hydrogen-bond acceptors (Lipinski definition) is 5. The third kappa shape index (κ3) is 5.40. The summed E-state index contributed by atoms with van der Waals surface area (Å²) in [6.07, 6.45) is 4.36. The minimum absolute atomic E-state index is 0.0146. The quantitative estimate of drug-likeness (QED) is 0.121. The van der Waals surface area contributed by atoms with Crippen molar-refractivity contribution in [1.82, 2.24) is 0 Å². The Morgan fingerprint density at radius 3 is 2.33 bits per heavy atom. The van der Waals surface area contributed by atoms with Crippen LogP contribution in [-0.4, -0.2) is 24.3 Å². The van der Waals surface area contributed by atoms with Gasteiger partial charge in [-0.25, -0.2) is 0 Å². The molecule has 0 heterocycles. The molecule has 1 unspecified atom stereocenters. The first-order valence-electron chi connectivity index (χ1n) is 8.79. The van der Waals surface area contributed by atoms with Crippen LogP contribution in [0.5, 0.6) is 23.0 Å². The maximum Gasteiger partial charge on any atom is 0.308 e. The monoisotopic (exact) mass is 550 g/mol. The highest BCUT2D eigenvalue weighted by Gasteiger charge is 2.26. The fourth-order valence-electron chi connectivity index (χ4n) is 2.83. The molecule has 2 aromatic rings. The number of carbonyl (C=O) groups is 1. The minimum Gasteiger partial charge on any atom is -0.490 e. The number of halogens is 2. The van der Waals surface area contributed by atoms with Gasteiger partial charge in [-0.2, -0.15) is 0 Å². The maximum absolute atomic E-state index is 11.7. The number of ether oxygens (including phenoxy) is 4. The molecule has 7 heteroatoms. The van der Waals surface area contributed by atoms with Crippen LogP contribution in [0.15, 0.2) is 22.7 Å². The van der Waals surface area contributed by atoms with Crippen LogP contribution in [0.1, 0.15) is 39.5 Å². The summed E-state index contributed by atoms with van der Waals surface area (Å²) in [5.74, 6) is 1.23. The van der Waals surface area contributed by atoms with Gasteiger partial charge < -0.3 is 18.9 Å². The second kappa shape index (κ2) is 10.4. The van der Waals surface area contributed by atoms with Crippen LogP contribution in [0.4, 0.5) is 0 Å². The zero-order valence-corrected chi connectivity index (χ0v) is 19.7. The number of alkyl halides is 1. The lowest BCUT2D eigenvalue weighted by molar-refractivity contribution is -0.131. The molecule has 0 saturated heterocycles. The van der Waals surface area contributed by atoms with Crippen molar-refractivity contribution in [2.24, 2.45) is 0 Å². The number of esters is 1. The van der Waals surface area contributed by atoms with E-state index in [4.69, 9.17) is 18.9 Å². The molecular formula is C20H24BrIO5. The number of unbranched alkanes of at least 4 members (excludes halogenated alkanes) is 2. The Balaban J connectivity index is 2.62. The molecule has 0 aromatic heterocycles. The number of rotatable bonds is 9. The molecule has 1 atom stereocenters. The van der Waals surface area contributed by atoms with E-state index in [9.17, 15) is 4.79 Å². The zero-order valence-electron chi connectivity index (χ0n) is 15.9. The maximum atomic E-state index is 11.7. The first-order chi connectivity index (χ1) is 12.9. The molecule has 0 saturated carbocycles. The molecular weight excluding hydrogens is 527 g/mol. The summed E-state index contributed by atoms with van der Waals surface area (Å²) in [6, 6.07) is 5.71. The fraction of sp³-hybridized carbons (Fsp3) is 0.450. The Hall–Kier alpha value is -1.22. The van der Waals surface area contributed by atoms with E-state index in [0.29, 0.717) is 28.4 Å². The van der Waals surface area contributed by atoms with Gasteiger partial charge in [0.05, 0.1) is 14.2 Å². The summed E-state index contributed by atoms with van der Waals surface area (Å²) in [5.41, 5.74) is 0.